The van der Waals surface area contributed by atoms with Gasteiger partial charge in [-0.05, 0) is 37.6 Å². The zero-order valence-electron chi connectivity index (χ0n) is 17.0. The van der Waals surface area contributed by atoms with Gasteiger partial charge in [0.05, 0.1) is 44.6 Å². The Bertz CT molecular complexity index is 768. The second kappa shape index (κ2) is 9.71. The lowest BCUT2D eigenvalue weighted by Gasteiger charge is -2.17. The number of aryl methyl sites for hydroxylation is 1. The van der Waals surface area contributed by atoms with Crippen molar-refractivity contribution in [3.63, 3.8) is 0 Å². The lowest BCUT2D eigenvalue weighted by molar-refractivity contribution is 0.386. The summed E-state index contributed by atoms with van der Waals surface area (Å²) in [6, 6.07) is 9.73. The van der Waals surface area contributed by atoms with E-state index in [0.29, 0.717) is 6.54 Å². The highest BCUT2D eigenvalue weighted by atomic mass is 16.5. The number of ether oxygens (including phenoxy) is 3. The molecule has 0 aliphatic rings. The van der Waals surface area contributed by atoms with E-state index < -0.39 is 0 Å². The van der Waals surface area contributed by atoms with Crippen LogP contribution in [0.3, 0.4) is 0 Å². The number of hydrogen-bond acceptors (Lipinski definition) is 5. The molecule has 0 fully saturated rings. The Balaban J connectivity index is 2.27. The van der Waals surface area contributed by atoms with Gasteiger partial charge in [-0.3, -0.25) is 0 Å². The SMILES string of the molecule is CCN(C)/C=N\c1cc(OC)c(NCc2c(OC)cccc2OC)cc1C. The molecule has 2 rings (SSSR count). The first-order valence-electron chi connectivity index (χ1n) is 8.90. The fourth-order valence-electron chi connectivity index (χ4n) is 2.65. The molecule has 2 aromatic rings. The summed E-state index contributed by atoms with van der Waals surface area (Å²) in [5, 5.41) is 3.43. The molecule has 0 aliphatic heterocycles. The number of aliphatic imine (C=N–C) groups is 1. The van der Waals surface area contributed by atoms with Crippen molar-refractivity contribution in [3.05, 3.63) is 41.5 Å². The predicted octanol–water partition coefficient (Wildman–Crippen LogP) is 4.24. The van der Waals surface area contributed by atoms with E-state index in [0.717, 1.165) is 46.3 Å². The van der Waals surface area contributed by atoms with Crippen molar-refractivity contribution in [1.82, 2.24) is 4.90 Å². The monoisotopic (exact) mass is 371 g/mol. The number of anilines is 1. The summed E-state index contributed by atoms with van der Waals surface area (Å²) in [5.41, 5.74) is 3.79. The van der Waals surface area contributed by atoms with Crippen LogP contribution in [-0.4, -0.2) is 46.2 Å². The van der Waals surface area contributed by atoms with Gasteiger partial charge in [0.1, 0.15) is 17.2 Å². The van der Waals surface area contributed by atoms with E-state index in [2.05, 4.69) is 17.2 Å². The van der Waals surface area contributed by atoms with E-state index in [1.165, 1.54) is 0 Å². The van der Waals surface area contributed by atoms with Gasteiger partial charge in [-0.2, -0.15) is 0 Å². The summed E-state index contributed by atoms with van der Waals surface area (Å²) < 4.78 is 16.5. The summed E-state index contributed by atoms with van der Waals surface area (Å²) >= 11 is 0. The molecule has 1 N–H and O–H groups in total. The van der Waals surface area contributed by atoms with Gasteiger partial charge in [-0.25, -0.2) is 4.99 Å². The fraction of sp³-hybridized carbons (Fsp3) is 0.381. The molecule has 146 valence electrons. The van der Waals surface area contributed by atoms with Crippen LogP contribution in [-0.2, 0) is 6.54 Å². The van der Waals surface area contributed by atoms with E-state index in [9.17, 15) is 0 Å². The number of benzene rings is 2. The molecular weight excluding hydrogens is 342 g/mol. The topological polar surface area (TPSA) is 55.3 Å². The molecule has 0 radical (unpaired) electrons. The van der Waals surface area contributed by atoms with Gasteiger partial charge >= 0.3 is 0 Å². The van der Waals surface area contributed by atoms with E-state index >= 15 is 0 Å². The van der Waals surface area contributed by atoms with E-state index in [1.807, 2.05) is 55.5 Å². The Labute approximate surface area is 161 Å². The first kappa shape index (κ1) is 20.4. The van der Waals surface area contributed by atoms with E-state index in [1.54, 1.807) is 21.3 Å². The van der Waals surface area contributed by atoms with E-state index in [4.69, 9.17) is 14.2 Å². The number of nitrogens with one attached hydrogen (secondary N) is 1. The molecule has 27 heavy (non-hydrogen) atoms. The highest BCUT2D eigenvalue weighted by Gasteiger charge is 2.12. The van der Waals surface area contributed by atoms with Crippen LogP contribution >= 0.6 is 0 Å². The maximum Gasteiger partial charge on any atom is 0.144 e. The van der Waals surface area contributed by atoms with Crippen LogP contribution in [0.15, 0.2) is 35.3 Å². The maximum atomic E-state index is 5.56. The minimum Gasteiger partial charge on any atom is -0.496 e. The largest absolute Gasteiger partial charge is 0.496 e. The number of nitrogens with zero attached hydrogens (tertiary/aromatic N) is 2. The van der Waals surface area contributed by atoms with Crippen LogP contribution in [0, 0.1) is 6.92 Å². The fourth-order valence-corrected chi connectivity index (χ4v) is 2.65. The Morgan fingerprint density at radius 3 is 2.22 bits per heavy atom. The van der Waals surface area contributed by atoms with Gasteiger partial charge < -0.3 is 24.4 Å². The Morgan fingerprint density at radius 1 is 1.04 bits per heavy atom. The molecule has 0 spiro atoms. The second-order valence-electron chi connectivity index (χ2n) is 6.15. The standard InChI is InChI=1S/C21H29N3O3/c1-7-24(3)14-23-17-12-21(27-6)18(11-15(17)2)22-13-16-19(25-4)9-8-10-20(16)26-5/h8-12,14,22H,7,13H2,1-6H3/b23-14-. The van der Waals surface area contributed by atoms with Gasteiger partial charge in [0, 0.05) is 26.2 Å². The van der Waals surface area contributed by atoms with Crippen LogP contribution in [0.2, 0.25) is 0 Å². The maximum absolute atomic E-state index is 5.56. The van der Waals surface area contributed by atoms with Gasteiger partial charge in [-0.1, -0.05) is 6.07 Å². The molecule has 0 saturated heterocycles. The molecular formula is C21H29N3O3. The summed E-state index contributed by atoms with van der Waals surface area (Å²) in [5.74, 6) is 2.29. The molecule has 0 aliphatic carbocycles. The van der Waals surface area contributed by atoms with Crippen LogP contribution in [0.5, 0.6) is 17.2 Å². The average Bonchev–Trinajstić information content (AvgIpc) is 2.70. The van der Waals surface area contributed by atoms with Crippen LogP contribution in [0.4, 0.5) is 11.4 Å². The van der Waals surface area contributed by atoms with Crippen LogP contribution < -0.4 is 19.5 Å². The Kier molecular flexibility index (Phi) is 7.34. The lowest BCUT2D eigenvalue weighted by Crippen LogP contribution is -2.14. The summed E-state index contributed by atoms with van der Waals surface area (Å²) in [6.07, 6.45) is 1.83. The third-order valence-corrected chi connectivity index (χ3v) is 4.40. The van der Waals surface area contributed by atoms with Crippen molar-refractivity contribution in [2.45, 2.75) is 20.4 Å². The van der Waals surface area contributed by atoms with Crippen LogP contribution in [0.25, 0.3) is 0 Å². The smallest absolute Gasteiger partial charge is 0.144 e. The molecule has 0 atom stereocenters. The van der Waals surface area contributed by atoms with Crippen molar-refractivity contribution in [1.29, 1.82) is 0 Å². The first-order chi connectivity index (χ1) is 13.0. The predicted molar refractivity (Wildman–Crippen MR) is 111 cm³/mol. The third-order valence-electron chi connectivity index (χ3n) is 4.40. The molecule has 0 bridgehead atoms. The minimum atomic E-state index is 0.546. The van der Waals surface area contributed by atoms with Crippen molar-refractivity contribution in [3.8, 4) is 17.2 Å². The molecule has 6 heteroatoms. The highest BCUT2D eigenvalue weighted by molar-refractivity contribution is 5.70. The van der Waals surface area contributed by atoms with Gasteiger partial charge in [0.25, 0.3) is 0 Å². The van der Waals surface area contributed by atoms with E-state index in [-0.39, 0.29) is 0 Å². The third kappa shape index (κ3) is 5.06. The molecule has 0 heterocycles. The Morgan fingerprint density at radius 2 is 1.67 bits per heavy atom. The minimum absolute atomic E-state index is 0.546. The quantitative estimate of drug-likeness (QED) is 0.528. The normalized spacial score (nSPS) is 10.7. The van der Waals surface area contributed by atoms with Crippen molar-refractivity contribution in [2.75, 3.05) is 40.2 Å². The summed E-state index contributed by atoms with van der Waals surface area (Å²) in [7, 11) is 6.96. The lowest BCUT2D eigenvalue weighted by atomic mass is 10.1. The van der Waals surface area contributed by atoms with Crippen molar-refractivity contribution >= 4 is 17.7 Å². The zero-order chi connectivity index (χ0) is 19.8. The molecule has 0 aromatic heterocycles. The molecule has 0 amide bonds. The molecule has 0 unspecified atom stereocenters. The first-order valence-corrected chi connectivity index (χ1v) is 8.90. The number of rotatable bonds is 9. The van der Waals surface area contributed by atoms with Crippen LogP contribution in [0.1, 0.15) is 18.1 Å². The Hall–Kier alpha value is -2.89. The average molecular weight is 371 g/mol. The number of methoxy groups -OCH3 is 3. The molecule has 0 saturated carbocycles. The van der Waals surface area contributed by atoms with Gasteiger partial charge in [0.2, 0.25) is 0 Å². The zero-order valence-corrected chi connectivity index (χ0v) is 17.0. The van der Waals surface area contributed by atoms with Crippen molar-refractivity contribution < 1.29 is 14.2 Å². The number of hydrogen-bond donors (Lipinski definition) is 1. The highest BCUT2D eigenvalue weighted by Crippen LogP contribution is 2.35. The molecule has 6 nitrogen and oxygen atoms in total. The summed E-state index contributed by atoms with van der Waals surface area (Å²) in [4.78, 5) is 6.57. The van der Waals surface area contributed by atoms with Gasteiger partial charge in [-0.15, -0.1) is 0 Å². The summed E-state index contributed by atoms with van der Waals surface area (Å²) in [6.45, 7) is 5.57. The second-order valence-corrected chi connectivity index (χ2v) is 6.15. The molecule has 2 aromatic carbocycles. The van der Waals surface area contributed by atoms with Gasteiger partial charge in [0.15, 0.2) is 0 Å². The van der Waals surface area contributed by atoms with Crippen molar-refractivity contribution in [2.24, 2.45) is 4.99 Å².